The largest absolute Gasteiger partial charge is 0.379 e. The molecule has 20 heavy (non-hydrogen) atoms. The number of hydrogen-bond acceptors (Lipinski definition) is 5. The number of carbonyl (C=O) groups excluding carboxylic acids is 2. The molecule has 7 nitrogen and oxygen atoms in total. The van der Waals surface area contributed by atoms with E-state index in [0.717, 1.165) is 26.3 Å². The molecule has 1 fully saturated rings. The number of ether oxygens (including phenoxy) is 1. The Kier molecular flexibility index (Phi) is 4.72. The van der Waals surface area contributed by atoms with Gasteiger partial charge in [0.2, 0.25) is 5.91 Å². The molecule has 0 saturated carbocycles. The highest BCUT2D eigenvalue weighted by Gasteiger charge is 2.29. The molecule has 2 N–H and O–H groups in total. The normalized spacial score (nSPS) is 21.1. The van der Waals surface area contributed by atoms with Gasteiger partial charge in [0.15, 0.2) is 0 Å². The molecule has 0 aromatic carbocycles. The number of rotatable bonds is 4. The first kappa shape index (κ1) is 14.9. The molecule has 0 atom stereocenters. The number of morpholine rings is 1. The minimum Gasteiger partial charge on any atom is -0.379 e. The molecule has 0 bridgehead atoms. The average molecular weight is 282 g/mol. The SMILES string of the molecule is CC(C)(CNC(=O)C1=NNC(=O)CC1)N1CCOCC1. The highest BCUT2D eigenvalue weighted by molar-refractivity contribution is 6.39. The summed E-state index contributed by atoms with van der Waals surface area (Å²) >= 11 is 0. The lowest BCUT2D eigenvalue weighted by Crippen LogP contribution is -2.56. The van der Waals surface area contributed by atoms with Crippen LogP contribution in [-0.4, -0.2) is 60.8 Å². The molecule has 2 rings (SSSR count). The molecule has 2 aliphatic rings. The Hall–Kier alpha value is -1.47. The molecule has 0 aromatic heterocycles. The Morgan fingerprint density at radius 1 is 1.40 bits per heavy atom. The molecular formula is C13H22N4O3. The van der Waals surface area contributed by atoms with Crippen LogP contribution in [-0.2, 0) is 14.3 Å². The number of carbonyl (C=O) groups is 2. The maximum atomic E-state index is 12.0. The second kappa shape index (κ2) is 6.32. The third-order valence-electron chi connectivity index (χ3n) is 3.72. The van der Waals surface area contributed by atoms with Gasteiger partial charge in [-0.2, -0.15) is 5.10 Å². The lowest BCUT2D eigenvalue weighted by molar-refractivity contribution is -0.121. The molecule has 0 aliphatic carbocycles. The molecule has 112 valence electrons. The van der Waals surface area contributed by atoms with Gasteiger partial charge in [0.1, 0.15) is 5.71 Å². The van der Waals surface area contributed by atoms with Crippen LogP contribution in [0.3, 0.4) is 0 Å². The number of hydrogen-bond donors (Lipinski definition) is 2. The summed E-state index contributed by atoms with van der Waals surface area (Å²) in [7, 11) is 0. The van der Waals surface area contributed by atoms with E-state index in [1.54, 1.807) is 0 Å². The topological polar surface area (TPSA) is 83.0 Å². The van der Waals surface area contributed by atoms with E-state index in [1.807, 2.05) is 0 Å². The van der Waals surface area contributed by atoms with Gasteiger partial charge in [-0.15, -0.1) is 0 Å². The van der Waals surface area contributed by atoms with Crippen molar-refractivity contribution in [1.82, 2.24) is 15.6 Å². The van der Waals surface area contributed by atoms with E-state index in [4.69, 9.17) is 4.74 Å². The maximum absolute atomic E-state index is 12.0. The average Bonchev–Trinajstić information content (AvgIpc) is 2.46. The predicted octanol–water partition coefficient (Wildman–Crippen LogP) is -0.521. The second-order valence-electron chi connectivity index (χ2n) is 5.69. The molecule has 2 amide bonds. The molecule has 0 aromatic rings. The van der Waals surface area contributed by atoms with Crippen molar-refractivity contribution in [2.24, 2.45) is 5.10 Å². The van der Waals surface area contributed by atoms with Crippen LogP contribution in [0.1, 0.15) is 26.7 Å². The summed E-state index contributed by atoms with van der Waals surface area (Å²) in [5.41, 5.74) is 2.60. The summed E-state index contributed by atoms with van der Waals surface area (Å²) in [6.45, 7) is 7.96. The van der Waals surface area contributed by atoms with E-state index < -0.39 is 0 Å². The highest BCUT2D eigenvalue weighted by atomic mass is 16.5. The minimum atomic E-state index is -0.202. The van der Waals surface area contributed by atoms with Crippen molar-refractivity contribution in [3.63, 3.8) is 0 Å². The Morgan fingerprint density at radius 3 is 2.70 bits per heavy atom. The molecule has 2 aliphatic heterocycles. The van der Waals surface area contributed by atoms with Crippen LogP contribution >= 0.6 is 0 Å². The van der Waals surface area contributed by atoms with Crippen LogP contribution in [0.2, 0.25) is 0 Å². The van der Waals surface area contributed by atoms with Crippen LogP contribution in [0, 0.1) is 0 Å². The molecule has 0 spiro atoms. The van der Waals surface area contributed by atoms with Crippen LogP contribution in [0.25, 0.3) is 0 Å². The molecule has 7 heteroatoms. The van der Waals surface area contributed by atoms with E-state index in [9.17, 15) is 9.59 Å². The fraction of sp³-hybridized carbons (Fsp3) is 0.769. The van der Waals surface area contributed by atoms with Gasteiger partial charge >= 0.3 is 0 Å². The van der Waals surface area contributed by atoms with Crippen molar-refractivity contribution < 1.29 is 14.3 Å². The standard InChI is InChI=1S/C13H22N4O3/c1-13(2,17-5-7-20-8-6-17)9-14-12(19)10-3-4-11(18)16-15-10/h3-9H2,1-2H3,(H,14,19)(H,16,18). The van der Waals surface area contributed by atoms with Crippen molar-refractivity contribution in [1.29, 1.82) is 0 Å². The number of nitrogens with one attached hydrogen (secondary N) is 2. The molecule has 0 unspecified atom stereocenters. The fourth-order valence-corrected chi connectivity index (χ4v) is 2.32. The van der Waals surface area contributed by atoms with Crippen LogP contribution in [0.15, 0.2) is 5.10 Å². The van der Waals surface area contributed by atoms with E-state index >= 15 is 0 Å². The van der Waals surface area contributed by atoms with E-state index in [-0.39, 0.29) is 17.4 Å². The zero-order valence-electron chi connectivity index (χ0n) is 12.1. The van der Waals surface area contributed by atoms with Crippen LogP contribution in [0.5, 0.6) is 0 Å². The Morgan fingerprint density at radius 2 is 2.10 bits per heavy atom. The van der Waals surface area contributed by atoms with Crippen LogP contribution < -0.4 is 10.7 Å². The Labute approximate surface area is 118 Å². The van der Waals surface area contributed by atoms with Gasteiger partial charge in [-0.25, -0.2) is 5.43 Å². The predicted molar refractivity (Wildman–Crippen MR) is 74.3 cm³/mol. The van der Waals surface area contributed by atoms with Crippen molar-refractivity contribution in [3.8, 4) is 0 Å². The molecule has 1 saturated heterocycles. The summed E-state index contributed by atoms with van der Waals surface area (Å²) in [5, 5.41) is 6.70. The number of amides is 2. The van der Waals surface area contributed by atoms with Crippen molar-refractivity contribution in [2.75, 3.05) is 32.8 Å². The van der Waals surface area contributed by atoms with Crippen molar-refractivity contribution in [3.05, 3.63) is 0 Å². The summed E-state index contributed by atoms with van der Waals surface area (Å²) in [4.78, 5) is 25.3. The second-order valence-corrected chi connectivity index (χ2v) is 5.69. The number of nitrogens with zero attached hydrogens (tertiary/aromatic N) is 2. The Bertz CT molecular complexity index is 414. The van der Waals surface area contributed by atoms with Gasteiger partial charge in [-0.3, -0.25) is 14.5 Å². The van der Waals surface area contributed by atoms with E-state index in [1.165, 1.54) is 0 Å². The number of hydrazone groups is 1. The first-order valence-electron chi connectivity index (χ1n) is 6.95. The highest BCUT2D eigenvalue weighted by Crippen LogP contribution is 2.15. The van der Waals surface area contributed by atoms with Gasteiger partial charge < -0.3 is 10.1 Å². The van der Waals surface area contributed by atoms with E-state index in [0.29, 0.717) is 25.1 Å². The smallest absolute Gasteiger partial charge is 0.267 e. The first-order chi connectivity index (χ1) is 9.49. The lowest BCUT2D eigenvalue weighted by Gasteiger charge is -2.40. The zero-order valence-corrected chi connectivity index (χ0v) is 12.1. The van der Waals surface area contributed by atoms with E-state index in [2.05, 4.69) is 34.6 Å². The summed E-state index contributed by atoms with van der Waals surface area (Å²) < 4.78 is 5.34. The molecule has 0 radical (unpaired) electrons. The quantitative estimate of drug-likeness (QED) is 0.727. The zero-order chi connectivity index (χ0) is 14.6. The minimum absolute atomic E-state index is 0.127. The van der Waals surface area contributed by atoms with Gasteiger partial charge in [-0.1, -0.05) is 0 Å². The molecular weight excluding hydrogens is 260 g/mol. The van der Waals surface area contributed by atoms with Gasteiger partial charge in [0.05, 0.1) is 13.2 Å². The van der Waals surface area contributed by atoms with Gasteiger partial charge in [0.25, 0.3) is 5.91 Å². The van der Waals surface area contributed by atoms with Crippen molar-refractivity contribution >= 4 is 17.5 Å². The molecule has 2 heterocycles. The lowest BCUT2D eigenvalue weighted by atomic mass is 10.0. The first-order valence-corrected chi connectivity index (χ1v) is 6.95. The monoisotopic (exact) mass is 282 g/mol. The van der Waals surface area contributed by atoms with Crippen LogP contribution in [0.4, 0.5) is 0 Å². The summed E-state index contributed by atoms with van der Waals surface area (Å²) in [6.07, 6.45) is 0.717. The van der Waals surface area contributed by atoms with Gasteiger partial charge in [-0.05, 0) is 13.8 Å². The fourth-order valence-electron chi connectivity index (χ4n) is 2.32. The van der Waals surface area contributed by atoms with Crippen molar-refractivity contribution in [2.45, 2.75) is 32.2 Å². The van der Waals surface area contributed by atoms with Gasteiger partial charge in [0, 0.05) is 38.0 Å². The third kappa shape index (κ3) is 3.77. The Balaban J connectivity index is 1.84. The summed E-state index contributed by atoms with van der Waals surface area (Å²) in [5.74, 6) is -0.346. The third-order valence-corrected chi connectivity index (χ3v) is 3.72. The summed E-state index contributed by atoms with van der Waals surface area (Å²) in [6, 6.07) is 0. The maximum Gasteiger partial charge on any atom is 0.267 e.